The minimum Gasteiger partial charge on any atom is -0.396 e. The van der Waals surface area contributed by atoms with Crippen molar-refractivity contribution in [2.75, 3.05) is 18.1 Å². The van der Waals surface area contributed by atoms with Crippen molar-refractivity contribution in [3.63, 3.8) is 0 Å². The summed E-state index contributed by atoms with van der Waals surface area (Å²) in [6.45, 7) is 5.14. The third kappa shape index (κ3) is 3.18. The zero-order chi connectivity index (χ0) is 12.0. The van der Waals surface area contributed by atoms with E-state index in [-0.39, 0.29) is 13.2 Å². The second kappa shape index (κ2) is 6.45. The molecule has 2 N–H and O–H groups in total. The van der Waals surface area contributed by atoms with E-state index < -0.39 is 0 Å². The first kappa shape index (κ1) is 12.9. The van der Waals surface area contributed by atoms with Gasteiger partial charge >= 0.3 is 0 Å². The average Bonchev–Trinajstić information content (AvgIpc) is 2.29. The highest BCUT2D eigenvalue weighted by Crippen LogP contribution is 2.21. The van der Waals surface area contributed by atoms with Gasteiger partial charge in [0.15, 0.2) is 0 Å². The molecule has 0 aliphatic rings. The van der Waals surface area contributed by atoms with E-state index in [4.69, 9.17) is 5.11 Å². The molecule has 4 nitrogen and oxygen atoms in total. The van der Waals surface area contributed by atoms with Crippen LogP contribution in [0.15, 0.2) is 18.5 Å². The number of nitrogens with zero attached hydrogens (tertiary/aromatic N) is 2. The van der Waals surface area contributed by atoms with Crippen molar-refractivity contribution in [1.29, 1.82) is 0 Å². The zero-order valence-corrected chi connectivity index (χ0v) is 9.93. The number of hydrogen-bond donors (Lipinski definition) is 2. The lowest BCUT2D eigenvalue weighted by Crippen LogP contribution is -2.33. The van der Waals surface area contributed by atoms with Gasteiger partial charge in [-0.1, -0.05) is 0 Å². The van der Waals surface area contributed by atoms with Gasteiger partial charge in [0.2, 0.25) is 0 Å². The fourth-order valence-corrected chi connectivity index (χ4v) is 1.71. The van der Waals surface area contributed by atoms with Crippen LogP contribution in [0.3, 0.4) is 0 Å². The van der Waals surface area contributed by atoms with Crippen LogP contribution in [0.25, 0.3) is 0 Å². The first-order valence-electron chi connectivity index (χ1n) is 5.62. The van der Waals surface area contributed by atoms with Crippen LogP contribution in [-0.2, 0) is 6.61 Å². The van der Waals surface area contributed by atoms with E-state index in [9.17, 15) is 5.11 Å². The molecule has 1 aromatic rings. The smallest absolute Gasteiger partial charge is 0.0703 e. The number of rotatable bonds is 6. The summed E-state index contributed by atoms with van der Waals surface area (Å²) >= 11 is 0. The van der Waals surface area contributed by atoms with Gasteiger partial charge in [0.1, 0.15) is 0 Å². The van der Waals surface area contributed by atoms with Crippen LogP contribution in [0, 0.1) is 0 Å². The van der Waals surface area contributed by atoms with Gasteiger partial charge in [-0.2, -0.15) is 0 Å². The molecule has 0 saturated heterocycles. The largest absolute Gasteiger partial charge is 0.396 e. The maximum atomic E-state index is 9.27. The van der Waals surface area contributed by atoms with E-state index in [1.54, 1.807) is 12.4 Å². The fraction of sp³-hybridized carbons (Fsp3) is 0.583. The van der Waals surface area contributed by atoms with Crippen molar-refractivity contribution >= 4 is 5.69 Å². The van der Waals surface area contributed by atoms with Gasteiger partial charge in [0.25, 0.3) is 0 Å². The van der Waals surface area contributed by atoms with E-state index in [1.165, 1.54) is 0 Å². The average molecular weight is 224 g/mol. The maximum Gasteiger partial charge on any atom is 0.0703 e. The lowest BCUT2D eigenvalue weighted by Gasteiger charge is -2.30. The molecule has 0 aliphatic carbocycles. The van der Waals surface area contributed by atoms with Crippen molar-refractivity contribution in [3.8, 4) is 0 Å². The Balaban J connectivity index is 2.91. The molecule has 1 heterocycles. The lowest BCUT2D eigenvalue weighted by atomic mass is 10.1. The molecule has 0 saturated carbocycles. The highest BCUT2D eigenvalue weighted by Gasteiger charge is 2.13. The molecule has 90 valence electrons. The first-order chi connectivity index (χ1) is 7.70. The third-order valence-electron chi connectivity index (χ3n) is 2.55. The predicted molar refractivity (Wildman–Crippen MR) is 64.3 cm³/mol. The number of pyridine rings is 1. The van der Waals surface area contributed by atoms with E-state index in [0.717, 1.165) is 24.2 Å². The highest BCUT2D eigenvalue weighted by molar-refractivity contribution is 5.52. The van der Waals surface area contributed by atoms with Crippen LogP contribution in [0.5, 0.6) is 0 Å². The summed E-state index contributed by atoms with van der Waals surface area (Å²) in [6.07, 6.45) is 4.17. The Morgan fingerprint density at radius 2 is 2.12 bits per heavy atom. The topological polar surface area (TPSA) is 56.6 Å². The summed E-state index contributed by atoms with van der Waals surface area (Å²) in [5, 5.41) is 18.1. The van der Waals surface area contributed by atoms with Gasteiger partial charge in [-0.15, -0.1) is 0 Å². The summed E-state index contributed by atoms with van der Waals surface area (Å²) in [6, 6.07) is 2.14. The number of hydrogen-bond acceptors (Lipinski definition) is 4. The molecule has 0 aliphatic heterocycles. The van der Waals surface area contributed by atoms with Crippen molar-refractivity contribution in [2.45, 2.75) is 32.9 Å². The van der Waals surface area contributed by atoms with E-state index in [2.05, 4.69) is 23.7 Å². The molecule has 0 amide bonds. The van der Waals surface area contributed by atoms with Gasteiger partial charge in [-0.05, 0) is 26.3 Å². The molecule has 0 atom stereocenters. The summed E-state index contributed by atoms with van der Waals surface area (Å²) in [4.78, 5) is 6.24. The SMILES string of the molecule is CC(C)N(CCCO)c1cnccc1CO. The zero-order valence-electron chi connectivity index (χ0n) is 9.93. The van der Waals surface area contributed by atoms with Crippen LogP contribution in [0.2, 0.25) is 0 Å². The minimum absolute atomic E-state index is 0.0141. The van der Waals surface area contributed by atoms with Crippen LogP contribution >= 0.6 is 0 Å². The standard InChI is InChI=1S/C12H20N2O2/c1-10(2)14(6-3-7-15)12-8-13-5-4-11(12)9-16/h4-5,8,10,15-16H,3,6-7,9H2,1-2H3. The van der Waals surface area contributed by atoms with Gasteiger partial charge in [-0.3, -0.25) is 4.98 Å². The van der Waals surface area contributed by atoms with E-state index >= 15 is 0 Å². The Hall–Kier alpha value is -1.13. The molecule has 0 radical (unpaired) electrons. The molecule has 0 fully saturated rings. The summed E-state index contributed by atoms with van der Waals surface area (Å²) in [5.41, 5.74) is 1.83. The van der Waals surface area contributed by atoms with Crippen LogP contribution < -0.4 is 4.90 Å². The van der Waals surface area contributed by atoms with Crippen molar-refractivity contribution < 1.29 is 10.2 Å². The van der Waals surface area contributed by atoms with Gasteiger partial charge in [-0.25, -0.2) is 0 Å². The number of anilines is 1. The second-order valence-corrected chi connectivity index (χ2v) is 4.03. The fourth-order valence-electron chi connectivity index (χ4n) is 1.71. The molecule has 0 unspecified atom stereocenters. The summed E-state index contributed by atoms with van der Waals surface area (Å²) in [5.74, 6) is 0. The molecule has 1 rings (SSSR count). The maximum absolute atomic E-state index is 9.27. The Morgan fingerprint density at radius 3 is 2.69 bits per heavy atom. The molecule has 0 bridgehead atoms. The predicted octanol–water partition coefficient (Wildman–Crippen LogP) is 1.17. The molecule has 0 spiro atoms. The van der Waals surface area contributed by atoms with Crippen molar-refractivity contribution in [1.82, 2.24) is 4.98 Å². The summed E-state index contributed by atoms with van der Waals surface area (Å²) in [7, 11) is 0. The number of aliphatic hydroxyl groups excluding tert-OH is 2. The normalized spacial score (nSPS) is 10.8. The van der Waals surface area contributed by atoms with Crippen LogP contribution in [0.4, 0.5) is 5.69 Å². The summed E-state index contributed by atoms with van der Waals surface area (Å²) < 4.78 is 0. The minimum atomic E-state index is 0.0141. The third-order valence-corrected chi connectivity index (χ3v) is 2.55. The lowest BCUT2D eigenvalue weighted by molar-refractivity contribution is 0.280. The first-order valence-corrected chi connectivity index (χ1v) is 5.62. The van der Waals surface area contributed by atoms with Crippen LogP contribution in [0.1, 0.15) is 25.8 Å². The van der Waals surface area contributed by atoms with Crippen molar-refractivity contribution in [3.05, 3.63) is 24.0 Å². The second-order valence-electron chi connectivity index (χ2n) is 4.03. The van der Waals surface area contributed by atoms with Crippen molar-refractivity contribution in [2.24, 2.45) is 0 Å². The molecular formula is C12H20N2O2. The molecule has 0 aromatic carbocycles. The Bertz CT molecular complexity index is 316. The Labute approximate surface area is 96.6 Å². The molecular weight excluding hydrogens is 204 g/mol. The molecule has 1 aromatic heterocycles. The quantitative estimate of drug-likeness (QED) is 0.761. The van der Waals surface area contributed by atoms with E-state index in [1.807, 2.05) is 6.07 Å². The van der Waals surface area contributed by atoms with Gasteiger partial charge in [0.05, 0.1) is 18.5 Å². The Morgan fingerprint density at radius 1 is 1.38 bits per heavy atom. The number of aromatic nitrogens is 1. The number of aliphatic hydroxyl groups is 2. The van der Waals surface area contributed by atoms with E-state index in [0.29, 0.717) is 6.04 Å². The molecule has 4 heteroatoms. The van der Waals surface area contributed by atoms with Gasteiger partial charge in [0, 0.05) is 31.0 Å². The van der Waals surface area contributed by atoms with Gasteiger partial charge < -0.3 is 15.1 Å². The Kier molecular flexibility index (Phi) is 5.22. The van der Waals surface area contributed by atoms with Crippen LogP contribution in [-0.4, -0.2) is 34.4 Å². The molecule has 16 heavy (non-hydrogen) atoms. The highest BCUT2D eigenvalue weighted by atomic mass is 16.3. The monoisotopic (exact) mass is 224 g/mol.